The third kappa shape index (κ3) is 2.40. The van der Waals surface area contributed by atoms with Gasteiger partial charge in [-0.2, -0.15) is 5.26 Å². The van der Waals surface area contributed by atoms with E-state index in [1.807, 2.05) is 11.0 Å². The van der Waals surface area contributed by atoms with Crippen molar-refractivity contribution >= 4 is 11.7 Å². The standard InChI is InChI=1S/C12H15N5O/c1-14-12(18)9-2-6-17(7-3-9)11-10(8-13)15-4-5-16-11/h4-5,9H,2-3,6-7H2,1H3,(H,14,18). The lowest BCUT2D eigenvalue weighted by Gasteiger charge is -2.31. The second-order valence-corrected chi connectivity index (χ2v) is 4.22. The Labute approximate surface area is 106 Å². The lowest BCUT2D eigenvalue weighted by molar-refractivity contribution is -0.125. The number of nitrogens with zero attached hydrogens (tertiary/aromatic N) is 4. The summed E-state index contributed by atoms with van der Waals surface area (Å²) in [6.07, 6.45) is 4.66. The van der Waals surface area contributed by atoms with Crippen LogP contribution in [-0.4, -0.2) is 36.0 Å². The molecule has 6 heteroatoms. The molecule has 0 aromatic carbocycles. The van der Waals surface area contributed by atoms with E-state index in [-0.39, 0.29) is 11.8 Å². The van der Waals surface area contributed by atoms with E-state index in [2.05, 4.69) is 15.3 Å². The average Bonchev–Trinajstić information content (AvgIpc) is 2.46. The van der Waals surface area contributed by atoms with Gasteiger partial charge >= 0.3 is 0 Å². The first kappa shape index (κ1) is 12.3. The first-order valence-electron chi connectivity index (χ1n) is 5.94. The molecule has 0 aliphatic carbocycles. The van der Waals surface area contributed by atoms with Crippen LogP contribution in [0.4, 0.5) is 5.82 Å². The predicted octanol–water partition coefficient (Wildman–Crippen LogP) is 0.311. The highest BCUT2D eigenvalue weighted by Gasteiger charge is 2.26. The SMILES string of the molecule is CNC(=O)C1CCN(c2nccnc2C#N)CC1. The number of carbonyl (C=O) groups is 1. The molecule has 0 atom stereocenters. The van der Waals surface area contributed by atoms with Gasteiger partial charge in [-0.1, -0.05) is 0 Å². The van der Waals surface area contributed by atoms with Gasteiger partial charge < -0.3 is 10.2 Å². The molecular formula is C12H15N5O. The molecule has 1 amide bonds. The van der Waals surface area contributed by atoms with Crippen molar-refractivity contribution in [2.45, 2.75) is 12.8 Å². The molecule has 18 heavy (non-hydrogen) atoms. The van der Waals surface area contributed by atoms with Crippen LogP contribution in [0.5, 0.6) is 0 Å². The second kappa shape index (κ2) is 5.45. The van der Waals surface area contributed by atoms with Crippen LogP contribution in [0.3, 0.4) is 0 Å². The summed E-state index contributed by atoms with van der Waals surface area (Å²) in [4.78, 5) is 21.7. The summed E-state index contributed by atoms with van der Waals surface area (Å²) in [5.41, 5.74) is 0.343. The molecule has 1 saturated heterocycles. The monoisotopic (exact) mass is 245 g/mol. The summed E-state index contributed by atoms with van der Waals surface area (Å²) >= 11 is 0. The van der Waals surface area contributed by atoms with E-state index in [9.17, 15) is 4.79 Å². The topological polar surface area (TPSA) is 81.9 Å². The molecule has 0 spiro atoms. The van der Waals surface area contributed by atoms with E-state index in [1.165, 1.54) is 6.20 Å². The molecule has 0 unspecified atom stereocenters. The fraction of sp³-hybridized carbons (Fsp3) is 0.500. The molecule has 1 N–H and O–H groups in total. The number of rotatable bonds is 2. The highest BCUT2D eigenvalue weighted by molar-refractivity contribution is 5.78. The molecule has 0 radical (unpaired) electrons. The summed E-state index contributed by atoms with van der Waals surface area (Å²) in [5, 5.41) is 11.7. The molecule has 94 valence electrons. The zero-order valence-corrected chi connectivity index (χ0v) is 10.3. The Bertz CT molecular complexity index is 474. The number of piperidine rings is 1. The summed E-state index contributed by atoms with van der Waals surface area (Å²) in [6.45, 7) is 1.46. The summed E-state index contributed by atoms with van der Waals surface area (Å²) < 4.78 is 0. The van der Waals surface area contributed by atoms with Gasteiger partial charge in [0.1, 0.15) is 6.07 Å². The molecule has 1 aliphatic heterocycles. The van der Waals surface area contributed by atoms with Gasteiger partial charge in [-0.05, 0) is 12.8 Å². The van der Waals surface area contributed by atoms with Gasteiger partial charge in [0.05, 0.1) is 0 Å². The van der Waals surface area contributed by atoms with Crippen molar-refractivity contribution in [3.63, 3.8) is 0 Å². The van der Waals surface area contributed by atoms with Crippen LogP contribution in [0.25, 0.3) is 0 Å². The third-order valence-electron chi connectivity index (χ3n) is 3.20. The summed E-state index contributed by atoms with van der Waals surface area (Å²) in [6, 6.07) is 2.04. The molecular weight excluding hydrogens is 230 g/mol. The Hall–Kier alpha value is -2.16. The Morgan fingerprint density at radius 3 is 2.72 bits per heavy atom. The van der Waals surface area contributed by atoms with Gasteiger partial charge in [-0.3, -0.25) is 4.79 Å². The van der Waals surface area contributed by atoms with Gasteiger partial charge in [0.25, 0.3) is 0 Å². The molecule has 1 aliphatic rings. The molecule has 0 bridgehead atoms. The number of carbonyl (C=O) groups excluding carboxylic acids is 1. The zero-order chi connectivity index (χ0) is 13.0. The van der Waals surface area contributed by atoms with Crippen LogP contribution in [0.2, 0.25) is 0 Å². The Morgan fingerprint density at radius 2 is 2.11 bits per heavy atom. The Morgan fingerprint density at radius 1 is 1.44 bits per heavy atom. The van der Waals surface area contributed by atoms with Crippen molar-refractivity contribution < 1.29 is 4.79 Å². The van der Waals surface area contributed by atoms with Gasteiger partial charge in [-0.25, -0.2) is 9.97 Å². The molecule has 2 heterocycles. The number of anilines is 1. The van der Waals surface area contributed by atoms with Crippen molar-refractivity contribution in [2.24, 2.45) is 5.92 Å². The largest absolute Gasteiger partial charge is 0.359 e. The van der Waals surface area contributed by atoms with Crippen LogP contribution in [0, 0.1) is 17.2 Å². The van der Waals surface area contributed by atoms with E-state index < -0.39 is 0 Å². The highest BCUT2D eigenvalue weighted by Crippen LogP contribution is 2.23. The maximum absolute atomic E-state index is 11.5. The van der Waals surface area contributed by atoms with Crippen molar-refractivity contribution in [1.29, 1.82) is 5.26 Å². The lowest BCUT2D eigenvalue weighted by atomic mass is 9.96. The first-order chi connectivity index (χ1) is 8.76. The molecule has 2 rings (SSSR count). The fourth-order valence-electron chi connectivity index (χ4n) is 2.20. The number of nitrogens with one attached hydrogen (secondary N) is 1. The van der Waals surface area contributed by atoms with E-state index >= 15 is 0 Å². The van der Waals surface area contributed by atoms with Gasteiger partial charge in [0, 0.05) is 38.4 Å². The predicted molar refractivity (Wildman–Crippen MR) is 65.8 cm³/mol. The van der Waals surface area contributed by atoms with Crippen molar-refractivity contribution in [1.82, 2.24) is 15.3 Å². The van der Waals surface area contributed by atoms with E-state index in [0.29, 0.717) is 11.5 Å². The van der Waals surface area contributed by atoms with E-state index in [4.69, 9.17) is 5.26 Å². The quantitative estimate of drug-likeness (QED) is 0.811. The molecule has 1 aromatic heterocycles. The Balaban J connectivity index is 2.06. The molecule has 6 nitrogen and oxygen atoms in total. The minimum Gasteiger partial charge on any atom is -0.359 e. The molecule has 0 saturated carbocycles. The van der Waals surface area contributed by atoms with Gasteiger partial charge in [0.15, 0.2) is 11.5 Å². The normalized spacial score (nSPS) is 16.1. The van der Waals surface area contributed by atoms with Crippen molar-refractivity contribution in [3.05, 3.63) is 18.1 Å². The number of hydrogen-bond donors (Lipinski definition) is 1. The Kier molecular flexibility index (Phi) is 3.72. The maximum Gasteiger partial charge on any atom is 0.222 e. The van der Waals surface area contributed by atoms with Crippen LogP contribution in [0.15, 0.2) is 12.4 Å². The second-order valence-electron chi connectivity index (χ2n) is 4.22. The first-order valence-corrected chi connectivity index (χ1v) is 5.94. The van der Waals surface area contributed by atoms with Crippen LogP contribution < -0.4 is 10.2 Å². The third-order valence-corrected chi connectivity index (χ3v) is 3.20. The lowest BCUT2D eigenvalue weighted by Crippen LogP contribution is -2.40. The van der Waals surface area contributed by atoms with Gasteiger partial charge in [0.2, 0.25) is 5.91 Å². The van der Waals surface area contributed by atoms with E-state index in [0.717, 1.165) is 25.9 Å². The number of hydrogen-bond acceptors (Lipinski definition) is 5. The van der Waals surface area contributed by atoms with Crippen LogP contribution in [0.1, 0.15) is 18.5 Å². The van der Waals surface area contributed by atoms with Gasteiger partial charge in [-0.15, -0.1) is 0 Å². The summed E-state index contributed by atoms with van der Waals surface area (Å²) in [7, 11) is 1.66. The van der Waals surface area contributed by atoms with E-state index in [1.54, 1.807) is 13.2 Å². The zero-order valence-electron chi connectivity index (χ0n) is 10.3. The molecule has 1 aromatic rings. The van der Waals surface area contributed by atoms with Crippen LogP contribution >= 0.6 is 0 Å². The smallest absolute Gasteiger partial charge is 0.222 e. The number of aromatic nitrogens is 2. The van der Waals surface area contributed by atoms with Crippen molar-refractivity contribution in [2.75, 3.05) is 25.0 Å². The van der Waals surface area contributed by atoms with Crippen molar-refractivity contribution in [3.8, 4) is 6.07 Å². The summed E-state index contributed by atoms with van der Waals surface area (Å²) in [5.74, 6) is 0.776. The molecule has 1 fully saturated rings. The minimum absolute atomic E-state index is 0.0634. The minimum atomic E-state index is 0.0634. The average molecular weight is 245 g/mol. The number of nitriles is 1. The maximum atomic E-state index is 11.5. The fourth-order valence-corrected chi connectivity index (χ4v) is 2.20. The van der Waals surface area contributed by atoms with Crippen LogP contribution in [-0.2, 0) is 4.79 Å². The number of amides is 1. The highest BCUT2D eigenvalue weighted by atomic mass is 16.1.